The lowest BCUT2D eigenvalue weighted by atomic mass is 9.63. The molecule has 3 aliphatic heterocycles. The van der Waals surface area contributed by atoms with Crippen LogP contribution in [0.2, 0.25) is 0 Å². The summed E-state index contributed by atoms with van der Waals surface area (Å²) in [4.78, 5) is 18.4. The molecule has 3 aromatic heterocycles. The number of rotatable bonds is 3. The molecule has 2 N–H and O–H groups in total. The molecular weight excluding hydrogens is 520 g/mol. The van der Waals surface area contributed by atoms with Gasteiger partial charge in [0.05, 0.1) is 35.4 Å². The van der Waals surface area contributed by atoms with E-state index in [9.17, 15) is 9.65 Å². The maximum absolute atomic E-state index is 16.5. The first kappa shape index (κ1) is 23.4. The normalized spacial score (nSPS) is 21.9. The lowest BCUT2D eigenvalue weighted by molar-refractivity contribution is -0.0786. The quantitative estimate of drug-likeness (QED) is 0.394. The molecule has 1 saturated carbocycles. The van der Waals surface area contributed by atoms with Gasteiger partial charge in [-0.2, -0.15) is 5.26 Å². The first-order valence-electron chi connectivity index (χ1n) is 13.3. The van der Waals surface area contributed by atoms with E-state index in [0.29, 0.717) is 28.4 Å². The number of nitrogen functional groups attached to an aromatic ring is 1. The van der Waals surface area contributed by atoms with Crippen LogP contribution in [0.3, 0.4) is 0 Å². The molecule has 0 radical (unpaired) electrons. The maximum Gasteiger partial charge on any atom is 0.226 e. The van der Waals surface area contributed by atoms with Crippen molar-refractivity contribution in [1.82, 2.24) is 19.9 Å². The summed E-state index contributed by atoms with van der Waals surface area (Å²) < 4.78 is 37.1. The minimum Gasteiger partial charge on any atom is -0.389 e. The van der Waals surface area contributed by atoms with Gasteiger partial charge in [-0.3, -0.25) is 9.88 Å². The van der Waals surface area contributed by atoms with E-state index in [1.54, 1.807) is 6.20 Å². The molecule has 4 aliphatic rings. The average molecular weight is 546 g/mol. The Labute approximate surface area is 227 Å². The Balaban J connectivity index is 1.23. The van der Waals surface area contributed by atoms with Gasteiger partial charge < -0.3 is 15.4 Å². The summed E-state index contributed by atoms with van der Waals surface area (Å²) in [6.07, 6.45) is 7.85. The van der Waals surface area contributed by atoms with Crippen molar-refractivity contribution in [2.45, 2.75) is 44.9 Å². The van der Waals surface area contributed by atoms with Gasteiger partial charge in [0.15, 0.2) is 11.6 Å². The summed E-state index contributed by atoms with van der Waals surface area (Å²) in [5.41, 5.74) is 8.67. The predicted molar refractivity (Wildman–Crippen MR) is 144 cm³/mol. The van der Waals surface area contributed by atoms with Crippen LogP contribution in [0, 0.1) is 28.4 Å². The first-order chi connectivity index (χ1) is 19.0. The van der Waals surface area contributed by atoms with Gasteiger partial charge in [0.25, 0.3) is 0 Å². The van der Waals surface area contributed by atoms with E-state index in [2.05, 4.69) is 25.8 Å². The summed E-state index contributed by atoms with van der Waals surface area (Å²) >= 11 is 0.965. The van der Waals surface area contributed by atoms with Crippen LogP contribution in [-0.4, -0.2) is 52.1 Å². The zero-order valence-corrected chi connectivity index (χ0v) is 22.0. The maximum atomic E-state index is 16.5. The molecule has 8 nitrogen and oxygen atoms in total. The SMILES string of the molecule is N#Cc1c(N)sc2c(F)cnc(-c3c4c(c5cnc(N6CC[C@H](N7CC8(CCC8)C7)C6)nc5c3F)COC4)c12. The number of hydrogen-bond donors (Lipinski definition) is 1. The third-order valence-electron chi connectivity index (χ3n) is 9.19. The van der Waals surface area contributed by atoms with Gasteiger partial charge in [-0.25, -0.2) is 18.7 Å². The molecule has 39 heavy (non-hydrogen) atoms. The molecule has 6 heterocycles. The molecule has 1 spiro atoms. The highest BCUT2D eigenvalue weighted by atomic mass is 32.1. The van der Waals surface area contributed by atoms with Crippen LogP contribution < -0.4 is 10.6 Å². The molecule has 1 atom stereocenters. The fourth-order valence-corrected chi connectivity index (χ4v) is 7.90. The third-order valence-corrected chi connectivity index (χ3v) is 10.2. The highest BCUT2D eigenvalue weighted by Gasteiger charge is 2.50. The van der Waals surface area contributed by atoms with Crippen molar-refractivity contribution in [2.75, 3.05) is 36.8 Å². The van der Waals surface area contributed by atoms with Crippen molar-refractivity contribution >= 4 is 43.3 Å². The zero-order valence-electron chi connectivity index (χ0n) is 21.1. The number of likely N-dealkylation sites (tertiary alicyclic amines) is 1. The number of ether oxygens (including phenoxy) is 1. The van der Waals surface area contributed by atoms with Crippen molar-refractivity contribution in [3.8, 4) is 17.3 Å². The van der Waals surface area contributed by atoms with Gasteiger partial charge >= 0.3 is 0 Å². The Kier molecular flexibility index (Phi) is 4.97. The molecule has 198 valence electrons. The van der Waals surface area contributed by atoms with Crippen molar-refractivity contribution in [2.24, 2.45) is 5.41 Å². The molecule has 0 unspecified atom stereocenters. The summed E-state index contributed by atoms with van der Waals surface area (Å²) in [6.45, 7) is 4.47. The van der Waals surface area contributed by atoms with E-state index >= 15 is 4.39 Å². The fourth-order valence-electron chi connectivity index (χ4n) is 6.98. The van der Waals surface area contributed by atoms with E-state index in [4.69, 9.17) is 15.5 Å². The Bertz CT molecular complexity index is 1740. The Morgan fingerprint density at radius 3 is 2.74 bits per heavy atom. The van der Waals surface area contributed by atoms with Crippen molar-refractivity contribution in [3.05, 3.63) is 40.7 Å². The number of aromatic nitrogens is 3. The molecule has 0 bridgehead atoms. The van der Waals surface area contributed by atoms with Gasteiger partial charge in [0, 0.05) is 54.8 Å². The molecule has 0 amide bonds. The average Bonchev–Trinajstić information content (AvgIpc) is 3.62. The number of halogens is 2. The highest BCUT2D eigenvalue weighted by Crippen LogP contribution is 2.49. The second-order valence-corrected chi connectivity index (χ2v) is 12.4. The molecular formula is C28H25F2N7OS. The van der Waals surface area contributed by atoms with Crippen LogP contribution in [0.5, 0.6) is 0 Å². The van der Waals surface area contributed by atoms with Crippen LogP contribution in [0.4, 0.5) is 19.7 Å². The first-order valence-corrected chi connectivity index (χ1v) is 14.1. The number of anilines is 2. The van der Waals surface area contributed by atoms with Gasteiger partial charge in [-0.15, -0.1) is 11.3 Å². The number of nitriles is 1. The number of fused-ring (bicyclic) bond motifs is 4. The standard InChI is InChI=1S/C28H25F2N7OS/c29-19-8-33-24(21-15(6-31)26(32)39-25(19)21)20-18-11-38-10-17(18)16-7-34-27(35-23(16)22(20)30)36-5-2-14(9-36)37-12-28(13-37)3-1-4-28/h7-8,14H,1-5,9-13,32H2/t14-/m0/s1. The predicted octanol–water partition coefficient (Wildman–Crippen LogP) is 4.73. The smallest absolute Gasteiger partial charge is 0.226 e. The van der Waals surface area contributed by atoms with E-state index in [1.807, 2.05) is 0 Å². The van der Waals surface area contributed by atoms with Crippen molar-refractivity contribution in [1.29, 1.82) is 5.26 Å². The van der Waals surface area contributed by atoms with E-state index in [-0.39, 0.29) is 50.6 Å². The molecule has 3 fully saturated rings. The number of pyridine rings is 1. The Hall–Kier alpha value is -3.46. The van der Waals surface area contributed by atoms with Crippen LogP contribution >= 0.6 is 11.3 Å². The fraction of sp³-hybridized carbons (Fsp3) is 0.429. The van der Waals surface area contributed by atoms with Gasteiger partial charge in [0.2, 0.25) is 5.95 Å². The molecule has 4 aromatic rings. The topological polar surface area (TPSA) is 104 Å². The number of thiophene rings is 1. The van der Waals surface area contributed by atoms with Crippen LogP contribution in [0.25, 0.3) is 32.2 Å². The van der Waals surface area contributed by atoms with Crippen molar-refractivity contribution in [3.63, 3.8) is 0 Å². The second kappa shape index (κ2) is 8.27. The van der Waals surface area contributed by atoms with Crippen LogP contribution in [-0.2, 0) is 18.0 Å². The molecule has 2 saturated heterocycles. The highest BCUT2D eigenvalue weighted by molar-refractivity contribution is 7.23. The minimum absolute atomic E-state index is 0.102. The van der Waals surface area contributed by atoms with Gasteiger partial charge in [-0.1, -0.05) is 6.42 Å². The number of hydrogen-bond acceptors (Lipinski definition) is 9. The lowest BCUT2D eigenvalue weighted by Gasteiger charge is -2.58. The second-order valence-electron chi connectivity index (χ2n) is 11.3. The van der Waals surface area contributed by atoms with Crippen LogP contribution in [0.1, 0.15) is 42.4 Å². The number of nitrogens with zero attached hydrogens (tertiary/aromatic N) is 6. The summed E-state index contributed by atoms with van der Waals surface area (Å²) in [5.74, 6) is -0.667. The van der Waals surface area contributed by atoms with E-state index in [0.717, 1.165) is 42.6 Å². The summed E-state index contributed by atoms with van der Waals surface area (Å²) in [6, 6.07) is 2.52. The third kappa shape index (κ3) is 3.28. The summed E-state index contributed by atoms with van der Waals surface area (Å²) in [5, 5.41) is 10.8. The van der Waals surface area contributed by atoms with E-state index in [1.165, 1.54) is 32.4 Å². The zero-order chi connectivity index (χ0) is 26.5. The van der Waals surface area contributed by atoms with Crippen LogP contribution in [0.15, 0.2) is 12.4 Å². The molecule has 1 aliphatic carbocycles. The monoisotopic (exact) mass is 545 g/mol. The van der Waals surface area contributed by atoms with E-state index < -0.39 is 11.6 Å². The Morgan fingerprint density at radius 1 is 1.15 bits per heavy atom. The number of benzene rings is 1. The largest absolute Gasteiger partial charge is 0.389 e. The van der Waals surface area contributed by atoms with Gasteiger partial charge in [0.1, 0.15) is 16.6 Å². The van der Waals surface area contributed by atoms with Crippen molar-refractivity contribution < 1.29 is 13.5 Å². The summed E-state index contributed by atoms with van der Waals surface area (Å²) in [7, 11) is 0. The molecule has 1 aromatic carbocycles. The Morgan fingerprint density at radius 2 is 1.97 bits per heavy atom. The number of nitrogens with two attached hydrogens (primary N) is 1. The lowest BCUT2D eigenvalue weighted by Crippen LogP contribution is -2.63. The molecule has 8 rings (SSSR count). The molecule has 11 heteroatoms. The minimum atomic E-state index is -0.598. The van der Waals surface area contributed by atoms with Gasteiger partial charge in [-0.05, 0) is 35.8 Å².